The number of ether oxygens (including phenoxy) is 1. The first-order valence-electron chi connectivity index (χ1n) is 5.98. The SMILES string of the molecule is N#Cc1ncc(Br)cc1N1CCOCC1CNC(=O)O. The molecule has 1 aromatic heterocycles. The second-order valence-electron chi connectivity index (χ2n) is 4.24. The van der Waals surface area contributed by atoms with Crippen molar-refractivity contribution in [3.8, 4) is 6.07 Å². The van der Waals surface area contributed by atoms with Crippen LogP contribution in [0.1, 0.15) is 5.69 Å². The number of carboxylic acid groups (broad SMARTS) is 1. The molecule has 0 bridgehead atoms. The van der Waals surface area contributed by atoms with Gasteiger partial charge < -0.3 is 20.1 Å². The van der Waals surface area contributed by atoms with Gasteiger partial charge in [-0.15, -0.1) is 0 Å². The van der Waals surface area contributed by atoms with Crippen molar-refractivity contribution in [3.63, 3.8) is 0 Å². The summed E-state index contributed by atoms with van der Waals surface area (Å²) in [7, 11) is 0. The number of rotatable bonds is 3. The summed E-state index contributed by atoms with van der Waals surface area (Å²) in [6.45, 7) is 1.74. The minimum Gasteiger partial charge on any atom is -0.465 e. The van der Waals surface area contributed by atoms with E-state index in [1.807, 2.05) is 11.0 Å². The number of nitrogens with one attached hydrogen (secondary N) is 1. The van der Waals surface area contributed by atoms with E-state index >= 15 is 0 Å². The number of pyridine rings is 1. The standard InChI is InChI=1S/C12H13BrN4O3/c13-8-3-11(10(4-14)15-5-8)17-1-2-20-7-9(17)6-16-12(18)19/h3,5,9,16H,1-2,6-7H2,(H,18,19). The van der Waals surface area contributed by atoms with Crippen LogP contribution >= 0.6 is 15.9 Å². The lowest BCUT2D eigenvalue weighted by Crippen LogP contribution is -2.51. The fourth-order valence-electron chi connectivity index (χ4n) is 2.08. The maximum atomic E-state index is 10.6. The van der Waals surface area contributed by atoms with Crippen LogP contribution in [-0.2, 0) is 4.74 Å². The molecular weight excluding hydrogens is 328 g/mol. The zero-order chi connectivity index (χ0) is 14.5. The van der Waals surface area contributed by atoms with E-state index in [0.717, 1.165) is 4.47 Å². The lowest BCUT2D eigenvalue weighted by molar-refractivity contribution is 0.0933. The summed E-state index contributed by atoms with van der Waals surface area (Å²) in [5.74, 6) is 0. The summed E-state index contributed by atoms with van der Waals surface area (Å²) in [6, 6.07) is 3.70. The van der Waals surface area contributed by atoms with E-state index in [2.05, 4.69) is 32.3 Å². The Bertz CT molecular complexity index is 546. The molecule has 0 spiro atoms. The molecular formula is C12H13BrN4O3. The predicted octanol–water partition coefficient (Wildman–Crippen LogP) is 1.19. The van der Waals surface area contributed by atoms with Crippen molar-refractivity contribution >= 4 is 27.7 Å². The molecule has 0 aliphatic carbocycles. The van der Waals surface area contributed by atoms with Crippen molar-refractivity contribution in [1.82, 2.24) is 10.3 Å². The molecule has 7 nitrogen and oxygen atoms in total. The van der Waals surface area contributed by atoms with Gasteiger partial charge in [0.05, 0.1) is 24.9 Å². The third-order valence-corrected chi connectivity index (χ3v) is 3.40. The lowest BCUT2D eigenvalue weighted by atomic mass is 10.1. The third kappa shape index (κ3) is 3.37. The predicted molar refractivity (Wildman–Crippen MR) is 74.6 cm³/mol. The Balaban J connectivity index is 2.25. The number of anilines is 1. The summed E-state index contributed by atoms with van der Waals surface area (Å²) in [5.41, 5.74) is 0.998. The molecule has 8 heteroatoms. The van der Waals surface area contributed by atoms with E-state index in [1.54, 1.807) is 6.20 Å². The molecule has 1 atom stereocenters. The average molecular weight is 341 g/mol. The topological polar surface area (TPSA) is 98.5 Å². The van der Waals surface area contributed by atoms with Gasteiger partial charge in [-0.25, -0.2) is 9.78 Å². The normalized spacial score (nSPS) is 18.4. The van der Waals surface area contributed by atoms with Gasteiger partial charge in [-0.2, -0.15) is 5.26 Å². The van der Waals surface area contributed by atoms with Gasteiger partial charge in [0.25, 0.3) is 0 Å². The molecule has 1 fully saturated rings. The Morgan fingerprint density at radius 1 is 1.75 bits per heavy atom. The van der Waals surface area contributed by atoms with E-state index < -0.39 is 6.09 Å². The molecule has 106 valence electrons. The Kier molecular flexibility index (Phi) is 4.76. The van der Waals surface area contributed by atoms with E-state index in [-0.39, 0.29) is 12.6 Å². The van der Waals surface area contributed by atoms with Gasteiger partial charge in [0.2, 0.25) is 0 Å². The Labute approximate surface area is 124 Å². The van der Waals surface area contributed by atoms with Crippen molar-refractivity contribution in [3.05, 3.63) is 22.4 Å². The van der Waals surface area contributed by atoms with Gasteiger partial charge in [0.15, 0.2) is 5.69 Å². The van der Waals surface area contributed by atoms with Crippen molar-refractivity contribution in [2.24, 2.45) is 0 Å². The Morgan fingerprint density at radius 3 is 3.25 bits per heavy atom. The summed E-state index contributed by atoms with van der Waals surface area (Å²) >= 11 is 3.33. The number of morpholine rings is 1. The molecule has 2 heterocycles. The molecule has 1 unspecified atom stereocenters. The molecule has 1 amide bonds. The molecule has 1 saturated heterocycles. The highest BCUT2D eigenvalue weighted by atomic mass is 79.9. The summed E-state index contributed by atoms with van der Waals surface area (Å²) in [4.78, 5) is 16.6. The number of nitriles is 1. The Hall–Kier alpha value is -1.85. The molecule has 1 aliphatic heterocycles. The van der Waals surface area contributed by atoms with Crippen LogP contribution in [0.25, 0.3) is 0 Å². The average Bonchev–Trinajstić information content (AvgIpc) is 2.45. The monoisotopic (exact) mass is 340 g/mol. The van der Waals surface area contributed by atoms with Crippen LogP contribution in [0.3, 0.4) is 0 Å². The first-order chi connectivity index (χ1) is 9.61. The van der Waals surface area contributed by atoms with Crippen LogP contribution in [0.5, 0.6) is 0 Å². The first kappa shape index (κ1) is 14.6. The van der Waals surface area contributed by atoms with Crippen molar-refractivity contribution in [2.75, 3.05) is 31.2 Å². The fraction of sp³-hybridized carbons (Fsp3) is 0.417. The van der Waals surface area contributed by atoms with Crippen LogP contribution in [0.15, 0.2) is 16.7 Å². The van der Waals surface area contributed by atoms with Gasteiger partial charge in [0, 0.05) is 23.8 Å². The molecule has 2 rings (SSSR count). The van der Waals surface area contributed by atoms with Crippen molar-refractivity contribution < 1.29 is 14.6 Å². The molecule has 2 N–H and O–H groups in total. The van der Waals surface area contributed by atoms with Crippen LogP contribution < -0.4 is 10.2 Å². The number of halogens is 1. The zero-order valence-corrected chi connectivity index (χ0v) is 12.1. The highest BCUT2D eigenvalue weighted by Crippen LogP contribution is 2.25. The van der Waals surface area contributed by atoms with Crippen molar-refractivity contribution in [2.45, 2.75) is 6.04 Å². The van der Waals surface area contributed by atoms with Crippen LogP contribution in [0.4, 0.5) is 10.5 Å². The Morgan fingerprint density at radius 2 is 2.55 bits per heavy atom. The van der Waals surface area contributed by atoms with Crippen LogP contribution in [0.2, 0.25) is 0 Å². The zero-order valence-electron chi connectivity index (χ0n) is 10.5. The van der Waals surface area contributed by atoms with Crippen LogP contribution in [-0.4, -0.2) is 48.5 Å². The van der Waals surface area contributed by atoms with E-state index in [9.17, 15) is 4.79 Å². The number of amides is 1. The fourth-order valence-corrected chi connectivity index (χ4v) is 2.40. The molecule has 1 aliphatic rings. The third-order valence-electron chi connectivity index (χ3n) is 2.97. The summed E-state index contributed by atoms with van der Waals surface area (Å²) in [6.07, 6.45) is 0.482. The summed E-state index contributed by atoms with van der Waals surface area (Å²) < 4.78 is 6.15. The smallest absolute Gasteiger partial charge is 0.404 e. The largest absolute Gasteiger partial charge is 0.465 e. The second kappa shape index (κ2) is 6.54. The molecule has 1 aromatic rings. The quantitative estimate of drug-likeness (QED) is 0.857. The lowest BCUT2D eigenvalue weighted by Gasteiger charge is -2.37. The number of aromatic nitrogens is 1. The van der Waals surface area contributed by atoms with Gasteiger partial charge in [-0.3, -0.25) is 0 Å². The number of hydrogen-bond donors (Lipinski definition) is 2. The van der Waals surface area contributed by atoms with Gasteiger partial charge in [0.1, 0.15) is 6.07 Å². The number of hydrogen-bond acceptors (Lipinski definition) is 5. The van der Waals surface area contributed by atoms with Crippen LogP contribution in [0, 0.1) is 11.3 Å². The maximum Gasteiger partial charge on any atom is 0.404 e. The molecule has 0 saturated carbocycles. The first-order valence-corrected chi connectivity index (χ1v) is 6.78. The summed E-state index contributed by atoms with van der Waals surface area (Å²) in [5, 5.41) is 20.2. The van der Waals surface area contributed by atoms with E-state index in [4.69, 9.17) is 15.1 Å². The number of carbonyl (C=O) groups is 1. The van der Waals surface area contributed by atoms with Gasteiger partial charge in [-0.05, 0) is 22.0 Å². The maximum absolute atomic E-state index is 10.6. The van der Waals surface area contributed by atoms with Crippen molar-refractivity contribution in [1.29, 1.82) is 5.26 Å². The molecule has 0 radical (unpaired) electrons. The molecule has 0 aromatic carbocycles. The number of nitrogens with zero attached hydrogens (tertiary/aromatic N) is 3. The van der Waals surface area contributed by atoms with Gasteiger partial charge in [-0.1, -0.05) is 0 Å². The van der Waals surface area contributed by atoms with E-state index in [1.165, 1.54) is 0 Å². The second-order valence-corrected chi connectivity index (χ2v) is 5.16. The molecule has 20 heavy (non-hydrogen) atoms. The highest BCUT2D eigenvalue weighted by molar-refractivity contribution is 9.10. The van der Waals surface area contributed by atoms with Gasteiger partial charge >= 0.3 is 6.09 Å². The minimum atomic E-state index is -1.08. The minimum absolute atomic E-state index is 0.164. The highest BCUT2D eigenvalue weighted by Gasteiger charge is 2.26. The van der Waals surface area contributed by atoms with E-state index in [0.29, 0.717) is 31.1 Å².